The molecular formula is C18H18N2O2. The lowest BCUT2D eigenvalue weighted by atomic mass is 9.85. The van der Waals surface area contributed by atoms with E-state index in [9.17, 15) is 9.90 Å². The third-order valence-electron chi connectivity index (χ3n) is 3.58. The number of rotatable bonds is 5. The summed E-state index contributed by atoms with van der Waals surface area (Å²) in [4.78, 5) is 12.7. The van der Waals surface area contributed by atoms with Crippen LogP contribution in [0.3, 0.4) is 0 Å². The Morgan fingerprint density at radius 1 is 1.14 bits per heavy atom. The van der Waals surface area contributed by atoms with Gasteiger partial charge in [0.2, 0.25) is 0 Å². The van der Waals surface area contributed by atoms with Gasteiger partial charge < -0.3 is 10.4 Å². The molecule has 2 N–H and O–H groups in total. The molecule has 4 heteroatoms. The molecule has 0 saturated heterocycles. The van der Waals surface area contributed by atoms with Crippen LogP contribution in [0.4, 0.5) is 0 Å². The highest BCUT2D eigenvalue weighted by Gasteiger charge is 2.40. The van der Waals surface area contributed by atoms with Crippen molar-refractivity contribution in [1.82, 2.24) is 5.32 Å². The first-order chi connectivity index (χ1) is 10.6. The fraction of sp³-hybridized carbons (Fsp3) is 0.222. The molecular weight excluding hydrogens is 276 g/mol. The Hall–Kier alpha value is -2.64. The van der Waals surface area contributed by atoms with Crippen LogP contribution < -0.4 is 5.32 Å². The standard InChI is InChI=1S/C18H18N2O2/c1-2-16(13-19)20-17(21)18(22,14-9-5-3-6-10-14)15-11-7-4-8-12-15/h3-12,16,22H,2H2,1H3,(H,20,21)/t16-/m1/s1. The molecule has 0 heterocycles. The number of aliphatic hydroxyl groups is 1. The van der Waals surface area contributed by atoms with Crippen molar-refractivity contribution in [3.05, 3.63) is 71.8 Å². The highest BCUT2D eigenvalue weighted by atomic mass is 16.3. The number of nitrogens with zero attached hydrogens (tertiary/aromatic N) is 1. The van der Waals surface area contributed by atoms with Crippen LogP contribution in [-0.2, 0) is 10.4 Å². The number of nitrogens with one attached hydrogen (secondary N) is 1. The Labute approximate surface area is 130 Å². The van der Waals surface area contributed by atoms with E-state index in [0.29, 0.717) is 17.5 Å². The van der Waals surface area contributed by atoms with E-state index in [1.807, 2.05) is 18.2 Å². The number of hydrogen-bond acceptors (Lipinski definition) is 3. The molecule has 1 atom stereocenters. The molecule has 0 saturated carbocycles. The zero-order valence-corrected chi connectivity index (χ0v) is 12.4. The largest absolute Gasteiger partial charge is 0.372 e. The van der Waals surface area contributed by atoms with Gasteiger partial charge in [0.15, 0.2) is 5.60 Å². The molecule has 2 aromatic carbocycles. The van der Waals surface area contributed by atoms with Gasteiger partial charge in [-0.25, -0.2) is 0 Å². The van der Waals surface area contributed by atoms with E-state index in [4.69, 9.17) is 5.26 Å². The summed E-state index contributed by atoms with van der Waals surface area (Å²) in [7, 11) is 0. The smallest absolute Gasteiger partial charge is 0.262 e. The lowest BCUT2D eigenvalue weighted by Gasteiger charge is -2.29. The van der Waals surface area contributed by atoms with Gasteiger partial charge in [-0.05, 0) is 17.5 Å². The Morgan fingerprint density at radius 2 is 1.59 bits per heavy atom. The van der Waals surface area contributed by atoms with Crippen molar-refractivity contribution in [2.24, 2.45) is 0 Å². The SMILES string of the molecule is CC[C@H](C#N)NC(=O)C(O)(c1ccccc1)c1ccccc1. The number of nitriles is 1. The minimum atomic E-state index is -1.83. The van der Waals surface area contributed by atoms with Crippen LogP contribution in [0.15, 0.2) is 60.7 Å². The average Bonchev–Trinajstić information content (AvgIpc) is 2.60. The predicted octanol–water partition coefficient (Wildman–Crippen LogP) is 2.34. The maximum atomic E-state index is 12.7. The second kappa shape index (κ2) is 6.88. The van der Waals surface area contributed by atoms with Gasteiger partial charge in [-0.15, -0.1) is 0 Å². The fourth-order valence-corrected chi connectivity index (χ4v) is 2.28. The molecule has 22 heavy (non-hydrogen) atoms. The van der Waals surface area contributed by atoms with Gasteiger partial charge in [0.05, 0.1) is 6.07 Å². The summed E-state index contributed by atoms with van der Waals surface area (Å²) in [5.41, 5.74) is -0.898. The van der Waals surface area contributed by atoms with E-state index in [1.165, 1.54) is 0 Å². The summed E-state index contributed by atoms with van der Waals surface area (Å²) in [6, 6.07) is 18.8. The normalized spacial score (nSPS) is 12.2. The summed E-state index contributed by atoms with van der Waals surface area (Å²) in [6.45, 7) is 1.80. The summed E-state index contributed by atoms with van der Waals surface area (Å²) in [6.07, 6.45) is 0.474. The van der Waals surface area contributed by atoms with Gasteiger partial charge in [-0.3, -0.25) is 4.79 Å². The molecule has 0 bridgehead atoms. The maximum absolute atomic E-state index is 12.7. The number of hydrogen-bond donors (Lipinski definition) is 2. The highest BCUT2D eigenvalue weighted by Crippen LogP contribution is 2.30. The molecule has 0 radical (unpaired) electrons. The third kappa shape index (κ3) is 3.00. The fourth-order valence-electron chi connectivity index (χ4n) is 2.28. The molecule has 0 aliphatic heterocycles. The van der Waals surface area contributed by atoms with Gasteiger partial charge in [0.1, 0.15) is 6.04 Å². The van der Waals surface area contributed by atoms with Crippen molar-refractivity contribution in [2.75, 3.05) is 0 Å². The Balaban J connectivity index is 2.48. The molecule has 0 aliphatic rings. The summed E-state index contributed by atoms with van der Waals surface area (Å²) >= 11 is 0. The summed E-state index contributed by atoms with van der Waals surface area (Å²) < 4.78 is 0. The van der Waals surface area contributed by atoms with Crippen LogP contribution >= 0.6 is 0 Å². The van der Waals surface area contributed by atoms with Gasteiger partial charge in [-0.2, -0.15) is 5.26 Å². The minimum absolute atomic E-state index is 0.464. The van der Waals surface area contributed by atoms with Crippen molar-refractivity contribution >= 4 is 5.91 Å². The monoisotopic (exact) mass is 294 g/mol. The van der Waals surface area contributed by atoms with Gasteiger partial charge in [0.25, 0.3) is 5.91 Å². The number of amides is 1. The van der Waals surface area contributed by atoms with Crippen LogP contribution in [0.1, 0.15) is 24.5 Å². The van der Waals surface area contributed by atoms with Crippen LogP contribution in [0.25, 0.3) is 0 Å². The maximum Gasteiger partial charge on any atom is 0.262 e. The van der Waals surface area contributed by atoms with Crippen LogP contribution in [0, 0.1) is 11.3 Å². The molecule has 0 aliphatic carbocycles. The summed E-state index contributed by atoms with van der Waals surface area (Å²) in [5.74, 6) is -0.599. The molecule has 0 fully saturated rings. The van der Waals surface area contributed by atoms with E-state index in [1.54, 1.807) is 55.5 Å². The number of carbonyl (C=O) groups excluding carboxylic acids is 1. The third-order valence-corrected chi connectivity index (χ3v) is 3.58. The Kier molecular flexibility index (Phi) is 4.92. The topological polar surface area (TPSA) is 73.1 Å². The molecule has 2 rings (SSSR count). The molecule has 1 amide bonds. The number of carbonyl (C=O) groups is 1. The van der Waals surface area contributed by atoms with Crippen molar-refractivity contribution in [3.63, 3.8) is 0 Å². The second-order valence-corrected chi connectivity index (χ2v) is 5.01. The molecule has 0 unspecified atom stereocenters. The number of benzene rings is 2. The van der Waals surface area contributed by atoms with E-state index < -0.39 is 17.6 Å². The first-order valence-corrected chi connectivity index (χ1v) is 7.17. The molecule has 0 aromatic heterocycles. The zero-order chi connectivity index (χ0) is 16.0. The highest BCUT2D eigenvalue weighted by molar-refractivity contribution is 5.90. The molecule has 2 aromatic rings. The van der Waals surface area contributed by atoms with Crippen LogP contribution in [0.2, 0.25) is 0 Å². The lowest BCUT2D eigenvalue weighted by molar-refractivity contribution is -0.137. The van der Waals surface area contributed by atoms with Crippen molar-refractivity contribution in [2.45, 2.75) is 25.0 Å². The van der Waals surface area contributed by atoms with Gasteiger partial charge in [0, 0.05) is 0 Å². The summed E-state index contributed by atoms with van der Waals surface area (Å²) in [5, 5.41) is 22.8. The minimum Gasteiger partial charge on any atom is -0.372 e. The Bertz CT molecular complexity index is 623. The average molecular weight is 294 g/mol. The van der Waals surface area contributed by atoms with Crippen LogP contribution in [0.5, 0.6) is 0 Å². The van der Waals surface area contributed by atoms with Crippen molar-refractivity contribution in [3.8, 4) is 6.07 Å². The molecule has 0 spiro atoms. The quantitative estimate of drug-likeness (QED) is 0.889. The second-order valence-electron chi connectivity index (χ2n) is 5.01. The van der Waals surface area contributed by atoms with Gasteiger partial charge in [-0.1, -0.05) is 67.6 Å². The van der Waals surface area contributed by atoms with E-state index >= 15 is 0 Å². The Morgan fingerprint density at radius 3 is 1.95 bits per heavy atom. The van der Waals surface area contributed by atoms with E-state index in [2.05, 4.69) is 5.32 Å². The molecule has 4 nitrogen and oxygen atoms in total. The van der Waals surface area contributed by atoms with E-state index in [0.717, 1.165) is 0 Å². The van der Waals surface area contributed by atoms with Crippen molar-refractivity contribution in [1.29, 1.82) is 5.26 Å². The van der Waals surface area contributed by atoms with Crippen LogP contribution in [-0.4, -0.2) is 17.1 Å². The van der Waals surface area contributed by atoms with E-state index in [-0.39, 0.29) is 0 Å². The first-order valence-electron chi connectivity index (χ1n) is 7.17. The lowest BCUT2D eigenvalue weighted by Crippen LogP contribution is -2.48. The van der Waals surface area contributed by atoms with Gasteiger partial charge >= 0.3 is 0 Å². The zero-order valence-electron chi connectivity index (χ0n) is 12.4. The first kappa shape index (κ1) is 15.7. The van der Waals surface area contributed by atoms with Crippen molar-refractivity contribution < 1.29 is 9.90 Å². The predicted molar refractivity (Wildman–Crippen MR) is 83.7 cm³/mol. The molecule has 112 valence electrons.